The second-order valence-corrected chi connectivity index (χ2v) is 5.52. The number of aromatic nitrogens is 1. The zero-order chi connectivity index (χ0) is 14.7. The van der Waals surface area contributed by atoms with E-state index in [1.807, 2.05) is 14.0 Å². The standard InChI is InChI=1S/C15H24N4O/c1-4-19-7-5-6-12(19)10-18(3)15(20)13-9-17-11(2)8-14(13)16/h8-9,12H,4-7,10H2,1-3H3,(H2,16,17). The molecule has 110 valence electrons. The first-order chi connectivity index (χ1) is 9.52. The number of likely N-dealkylation sites (N-methyl/N-ethyl adjacent to an activating group) is 2. The van der Waals surface area contributed by atoms with Gasteiger partial charge < -0.3 is 10.6 Å². The topological polar surface area (TPSA) is 62.5 Å². The van der Waals surface area contributed by atoms with Crippen LogP contribution >= 0.6 is 0 Å². The predicted molar refractivity (Wildman–Crippen MR) is 80.6 cm³/mol. The molecule has 1 unspecified atom stereocenters. The fraction of sp³-hybridized carbons (Fsp3) is 0.600. The van der Waals surface area contributed by atoms with Crippen LogP contribution in [0.1, 0.15) is 35.8 Å². The number of hydrogen-bond donors (Lipinski definition) is 1. The highest BCUT2D eigenvalue weighted by atomic mass is 16.2. The molecule has 0 spiro atoms. The molecule has 0 aliphatic carbocycles. The fourth-order valence-corrected chi connectivity index (χ4v) is 2.88. The minimum absolute atomic E-state index is 0.0436. The summed E-state index contributed by atoms with van der Waals surface area (Å²) in [5.74, 6) is -0.0436. The van der Waals surface area contributed by atoms with Crippen LogP contribution in [-0.4, -0.2) is 53.4 Å². The maximum Gasteiger partial charge on any atom is 0.257 e. The molecule has 0 radical (unpaired) electrons. The van der Waals surface area contributed by atoms with Crippen LogP contribution < -0.4 is 5.73 Å². The number of nitrogens with two attached hydrogens (primary N) is 1. The molecule has 5 nitrogen and oxygen atoms in total. The Labute approximate surface area is 120 Å². The lowest BCUT2D eigenvalue weighted by Gasteiger charge is -2.28. The highest BCUT2D eigenvalue weighted by Crippen LogP contribution is 2.19. The maximum absolute atomic E-state index is 12.4. The molecule has 2 heterocycles. The number of nitrogen functional groups attached to an aromatic ring is 1. The van der Waals surface area contributed by atoms with Crippen LogP contribution in [0.25, 0.3) is 0 Å². The number of carbonyl (C=O) groups is 1. The van der Waals surface area contributed by atoms with Crippen LogP contribution in [0.5, 0.6) is 0 Å². The summed E-state index contributed by atoms with van der Waals surface area (Å²) in [6, 6.07) is 2.21. The van der Waals surface area contributed by atoms with Crippen LogP contribution in [0.4, 0.5) is 5.69 Å². The summed E-state index contributed by atoms with van der Waals surface area (Å²) < 4.78 is 0. The summed E-state index contributed by atoms with van der Waals surface area (Å²) in [5, 5.41) is 0. The Kier molecular flexibility index (Phi) is 4.60. The zero-order valence-electron chi connectivity index (χ0n) is 12.6. The first-order valence-electron chi connectivity index (χ1n) is 7.24. The number of likely N-dealkylation sites (tertiary alicyclic amines) is 1. The van der Waals surface area contributed by atoms with E-state index >= 15 is 0 Å². The molecule has 1 aromatic heterocycles. The summed E-state index contributed by atoms with van der Waals surface area (Å²) in [6.07, 6.45) is 3.96. The predicted octanol–water partition coefficient (Wildman–Crippen LogP) is 1.53. The van der Waals surface area contributed by atoms with Crippen molar-refractivity contribution in [3.05, 3.63) is 23.5 Å². The number of anilines is 1. The van der Waals surface area contributed by atoms with E-state index in [4.69, 9.17) is 5.73 Å². The van der Waals surface area contributed by atoms with Crippen molar-refractivity contribution in [3.63, 3.8) is 0 Å². The van der Waals surface area contributed by atoms with E-state index in [0.717, 1.165) is 31.7 Å². The van der Waals surface area contributed by atoms with Crippen molar-refractivity contribution in [2.75, 3.05) is 32.4 Å². The molecular formula is C15H24N4O. The van der Waals surface area contributed by atoms with Crippen LogP contribution in [0, 0.1) is 6.92 Å². The number of rotatable bonds is 4. The summed E-state index contributed by atoms with van der Waals surface area (Å²) in [6.45, 7) is 6.96. The molecule has 2 N–H and O–H groups in total. The molecule has 0 bridgehead atoms. The Hall–Kier alpha value is -1.62. The van der Waals surface area contributed by atoms with E-state index in [2.05, 4.69) is 16.8 Å². The Morgan fingerprint density at radius 1 is 1.60 bits per heavy atom. The molecule has 0 aromatic carbocycles. The molecule has 2 rings (SSSR count). The van der Waals surface area contributed by atoms with Gasteiger partial charge in [-0.1, -0.05) is 6.92 Å². The minimum Gasteiger partial charge on any atom is -0.398 e. The van der Waals surface area contributed by atoms with Gasteiger partial charge >= 0.3 is 0 Å². The fourth-order valence-electron chi connectivity index (χ4n) is 2.88. The molecule has 1 aromatic rings. The van der Waals surface area contributed by atoms with Gasteiger partial charge in [-0.15, -0.1) is 0 Å². The van der Waals surface area contributed by atoms with E-state index in [1.54, 1.807) is 17.2 Å². The first kappa shape index (κ1) is 14.8. The van der Waals surface area contributed by atoms with Crippen molar-refractivity contribution in [3.8, 4) is 0 Å². The van der Waals surface area contributed by atoms with Crippen molar-refractivity contribution >= 4 is 11.6 Å². The summed E-state index contributed by atoms with van der Waals surface area (Å²) in [7, 11) is 1.84. The SMILES string of the molecule is CCN1CCCC1CN(C)C(=O)c1cnc(C)cc1N. The molecule has 1 atom stereocenters. The molecule has 1 fully saturated rings. The largest absolute Gasteiger partial charge is 0.398 e. The lowest BCUT2D eigenvalue weighted by Crippen LogP contribution is -2.41. The van der Waals surface area contributed by atoms with Gasteiger partial charge in [-0.25, -0.2) is 0 Å². The second kappa shape index (κ2) is 6.22. The minimum atomic E-state index is -0.0436. The van der Waals surface area contributed by atoms with E-state index in [9.17, 15) is 4.79 Å². The van der Waals surface area contributed by atoms with E-state index in [1.165, 1.54) is 6.42 Å². The molecule has 1 aliphatic heterocycles. The Morgan fingerprint density at radius 2 is 2.35 bits per heavy atom. The smallest absolute Gasteiger partial charge is 0.257 e. The van der Waals surface area contributed by atoms with Gasteiger partial charge in [0.2, 0.25) is 0 Å². The third-order valence-electron chi connectivity index (χ3n) is 4.04. The van der Waals surface area contributed by atoms with Crippen molar-refractivity contribution in [1.29, 1.82) is 0 Å². The van der Waals surface area contributed by atoms with Crippen molar-refractivity contribution in [2.45, 2.75) is 32.7 Å². The summed E-state index contributed by atoms with van der Waals surface area (Å²) in [4.78, 5) is 20.8. The third-order valence-corrected chi connectivity index (χ3v) is 4.04. The number of hydrogen-bond acceptors (Lipinski definition) is 4. The Balaban J connectivity index is 2.05. The lowest BCUT2D eigenvalue weighted by atomic mass is 10.1. The number of amides is 1. The van der Waals surface area contributed by atoms with Crippen molar-refractivity contribution in [1.82, 2.24) is 14.8 Å². The van der Waals surface area contributed by atoms with Gasteiger partial charge in [0.25, 0.3) is 5.91 Å². The van der Waals surface area contributed by atoms with Gasteiger partial charge in [-0.05, 0) is 38.9 Å². The normalized spacial score (nSPS) is 19.2. The number of nitrogens with zero attached hydrogens (tertiary/aromatic N) is 3. The van der Waals surface area contributed by atoms with E-state index < -0.39 is 0 Å². The molecule has 5 heteroatoms. The average molecular weight is 276 g/mol. The van der Waals surface area contributed by atoms with Crippen molar-refractivity contribution < 1.29 is 4.79 Å². The van der Waals surface area contributed by atoms with Crippen LogP contribution in [-0.2, 0) is 0 Å². The molecule has 20 heavy (non-hydrogen) atoms. The highest BCUT2D eigenvalue weighted by molar-refractivity contribution is 5.98. The van der Waals surface area contributed by atoms with Gasteiger partial charge in [-0.2, -0.15) is 0 Å². The van der Waals surface area contributed by atoms with Gasteiger partial charge in [-0.3, -0.25) is 14.7 Å². The molecule has 1 saturated heterocycles. The summed E-state index contributed by atoms with van der Waals surface area (Å²) >= 11 is 0. The molecule has 1 amide bonds. The van der Waals surface area contributed by atoms with Gasteiger partial charge in [0.05, 0.1) is 5.56 Å². The third kappa shape index (κ3) is 3.10. The van der Waals surface area contributed by atoms with Gasteiger partial charge in [0, 0.05) is 37.2 Å². The van der Waals surface area contributed by atoms with Crippen LogP contribution in [0.15, 0.2) is 12.3 Å². The molecule has 1 aliphatic rings. The Morgan fingerprint density at radius 3 is 3.00 bits per heavy atom. The first-order valence-corrected chi connectivity index (χ1v) is 7.24. The van der Waals surface area contributed by atoms with E-state index in [0.29, 0.717) is 17.3 Å². The highest BCUT2D eigenvalue weighted by Gasteiger charge is 2.26. The average Bonchev–Trinajstić information content (AvgIpc) is 2.85. The molecular weight excluding hydrogens is 252 g/mol. The second-order valence-electron chi connectivity index (χ2n) is 5.52. The Bertz CT molecular complexity index is 489. The quantitative estimate of drug-likeness (QED) is 0.906. The monoisotopic (exact) mass is 276 g/mol. The summed E-state index contributed by atoms with van der Waals surface area (Å²) in [5.41, 5.74) is 7.76. The van der Waals surface area contributed by atoms with Crippen LogP contribution in [0.2, 0.25) is 0 Å². The zero-order valence-corrected chi connectivity index (χ0v) is 12.6. The number of aryl methyl sites for hydroxylation is 1. The number of pyridine rings is 1. The number of carbonyl (C=O) groups excluding carboxylic acids is 1. The van der Waals surface area contributed by atoms with Crippen molar-refractivity contribution in [2.24, 2.45) is 0 Å². The van der Waals surface area contributed by atoms with E-state index in [-0.39, 0.29) is 5.91 Å². The maximum atomic E-state index is 12.4. The van der Waals surface area contributed by atoms with Gasteiger partial charge in [0.1, 0.15) is 0 Å². The molecule has 0 saturated carbocycles. The van der Waals surface area contributed by atoms with Crippen LogP contribution in [0.3, 0.4) is 0 Å². The lowest BCUT2D eigenvalue weighted by molar-refractivity contribution is 0.0755. The van der Waals surface area contributed by atoms with Gasteiger partial charge in [0.15, 0.2) is 0 Å².